The Morgan fingerprint density at radius 3 is 2.45 bits per heavy atom. The average molecular weight is 156 g/mol. The summed E-state index contributed by atoms with van der Waals surface area (Å²) in [7, 11) is 0. The van der Waals surface area contributed by atoms with Crippen LogP contribution in [0, 0.1) is 0 Å². The molecule has 2 nitrogen and oxygen atoms in total. The zero-order chi connectivity index (χ0) is 8.69. The van der Waals surface area contributed by atoms with Gasteiger partial charge in [0.05, 0.1) is 0 Å². The van der Waals surface area contributed by atoms with Crippen molar-refractivity contribution in [3.8, 4) is 0 Å². The van der Waals surface area contributed by atoms with Crippen LogP contribution in [0.2, 0.25) is 0 Å². The second-order valence-electron chi connectivity index (χ2n) is 2.67. The Hall–Kier alpha value is -0.340. The maximum atomic E-state index is 5.61. The van der Waals surface area contributed by atoms with Crippen LogP contribution in [0.25, 0.3) is 0 Å². The topological polar surface area (TPSA) is 29.3 Å². The van der Waals surface area contributed by atoms with Crippen molar-refractivity contribution in [3.05, 3.63) is 12.7 Å². The maximum Gasteiger partial charge on any atom is 0.0218 e. The first-order valence-corrected chi connectivity index (χ1v) is 4.35. The van der Waals surface area contributed by atoms with E-state index >= 15 is 0 Å². The van der Waals surface area contributed by atoms with Crippen LogP contribution in [0.5, 0.6) is 0 Å². The fourth-order valence-corrected chi connectivity index (χ4v) is 1.28. The Kier molecular flexibility index (Phi) is 6.18. The molecule has 0 aliphatic rings. The van der Waals surface area contributed by atoms with Gasteiger partial charge in [0.25, 0.3) is 0 Å². The van der Waals surface area contributed by atoms with Crippen molar-refractivity contribution in [2.24, 2.45) is 5.73 Å². The van der Waals surface area contributed by atoms with Gasteiger partial charge < -0.3 is 5.73 Å². The van der Waals surface area contributed by atoms with Crippen LogP contribution in [-0.4, -0.2) is 30.6 Å². The number of nitrogens with two attached hydrogens (primary N) is 1. The number of rotatable bonds is 6. The molecule has 2 heteroatoms. The minimum Gasteiger partial charge on any atom is -0.329 e. The summed E-state index contributed by atoms with van der Waals surface area (Å²) in [5.74, 6) is 0. The van der Waals surface area contributed by atoms with Crippen LogP contribution in [0.15, 0.2) is 12.7 Å². The number of nitrogens with zero attached hydrogens (tertiary/aromatic N) is 1. The fraction of sp³-hybridized carbons (Fsp3) is 0.778. The van der Waals surface area contributed by atoms with Crippen molar-refractivity contribution in [1.82, 2.24) is 4.90 Å². The SMILES string of the molecule is C=CCN(CC)C(CC)CN. The lowest BCUT2D eigenvalue weighted by Gasteiger charge is -2.27. The highest BCUT2D eigenvalue weighted by Crippen LogP contribution is 2.01. The molecule has 1 atom stereocenters. The molecule has 2 N–H and O–H groups in total. The quantitative estimate of drug-likeness (QED) is 0.586. The molecule has 0 aliphatic carbocycles. The lowest BCUT2D eigenvalue weighted by atomic mass is 10.2. The van der Waals surface area contributed by atoms with Gasteiger partial charge >= 0.3 is 0 Å². The highest BCUT2D eigenvalue weighted by molar-refractivity contribution is 4.78. The van der Waals surface area contributed by atoms with Crippen molar-refractivity contribution < 1.29 is 0 Å². The number of likely N-dealkylation sites (N-methyl/N-ethyl adjacent to an activating group) is 1. The molecule has 0 aromatic heterocycles. The van der Waals surface area contributed by atoms with Gasteiger partial charge in [-0.05, 0) is 13.0 Å². The average Bonchev–Trinajstić information content (AvgIpc) is 2.05. The Bertz CT molecular complexity index is 97.7. The summed E-state index contributed by atoms with van der Waals surface area (Å²) in [6, 6.07) is 0.526. The molecule has 11 heavy (non-hydrogen) atoms. The summed E-state index contributed by atoms with van der Waals surface area (Å²) in [5, 5.41) is 0. The zero-order valence-corrected chi connectivity index (χ0v) is 7.71. The van der Waals surface area contributed by atoms with Gasteiger partial charge in [-0.1, -0.05) is 19.9 Å². The van der Waals surface area contributed by atoms with E-state index in [0.29, 0.717) is 6.04 Å². The molecule has 0 amide bonds. The van der Waals surface area contributed by atoms with Crippen LogP contribution in [0.3, 0.4) is 0 Å². The first-order valence-electron chi connectivity index (χ1n) is 4.35. The molecule has 0 rings (SSSR count). The molecule has 0 aromatic rings. The van der Waals surface area contributed by atoms with Crippen LogP contribution >= 0.6 is 0 Å². The summed E-state index contributed by atoms with van der Waals surface area (Å²) < 4.78 is 0. The molecular weight excluding hydrogens is 136 g/mol. The summed E-state index contributed by atoms with van der Waals surface area (Å²) in [5.41, 5.74) is 5.61. The predicted octanol–water partition coefficient (Wildman–Crippen LogP) is 1.23. The van der Waals surface area contributed by atoms with E-state index in [1.54, 1.807) is 0 Å². The smallest absolute Gasteiger partial charge is 0.0218 e. The molecule has 0 bridgehead atoms. The summed E-state index contributed by atoms with van der Waals surface area (Å²) >= 11 is 0. The standard InChI is InChI=1S/C9H20N2/c1-4-7-11(6-3)9(5-2)8-10/h4,9H,1,5-8,10H2,2-3H3. The van der Waals surface area contributed by atoms with Crippen LogP contribution in [-0.2, 0) is 0 Å². The Morgan fingerprint density at radius 1 is 1.55 bits per heavy atom. The minimum absolute atomic E-state index is 0.526. The van der Waals surface area contributed by atoms with Gasteiger partial charge in [-0.2, -0.15) is 0 Å². The summed E-state index contributed by atoms with van der Waals surface area (Å²) in [4.78, 5) is 2.34. The summed E-state index contributed by atoms with van der Waals surface area (Å²) in [6.07, 6.45) is 3.06. The molecule has 0 saturated carbocycles. The highest BCUT2D eigenvalue weighted by Gasteiger charge is 2.10. The molecule has 0 saturated heterocycles. The van der Waals surface area contributed by atoms with Gasteiger partial charge in [0, 0.05) is 19.1 Å². The number of hydrogen-bond donors (Lipinski definition) is 1. The summed E-state index contributed by atoms with van der Waals surface area (Å²) in [6.45, 7) is 10.8. The van der Waals surface area contributed by atoms with Gasteiger partial charge in [0.1, 0.15) is 0 Å². The van der Waals surface area contributed by atoms with Crippen LogP contribution in [0.1, 0.15) is 20.3 Å². The van der Waals surface area contributed by atoms with E-state index < -0.39 is 0 Å². The van der Waals surface area contributed by atoms with E-state index in [0.717, 1.165) is 26.1 Å². The van der Waals surface area contributed by atoms with Crippen molar-refractivity contribution >= 4 is 0 Å². The van der Waals surface area contributed by atoms with Crippen molar-refractivity contribution in [2.75, 3.05) is 19.6 Å². The molecule has 0 radical (unpaired) electrons. The molecule has 1 unspecified atom stereocenters. The molecular formula is C9H20N2. The van der Waals surface area contributed by atoms with E-state index in [-0.39, 0.29) is 0 Å². The molecule has 66 valence electrons. The van der Waals surface area contributed by atoms with E-state index in [2.05, 4.69) is 25.3 Å². The normalized spacial score (nSPS) is 13.5. The van der Waals surface area contributed by atoms with Gasteiger partial charge in [0.15, 0.2) is 0 Å². The zero-order valence-electron chi connectivity index (χ0n) is 7.71. The predicted molar refractivity (Wildman–Crippen MR) is 50.6 cm³/mol. The first-order chi connectivity index (χ1) is 5.29. The third kappa shape index (κ3) is 3.54. The second-order valence-corrected chi connectivity index (χ2v) is 2.67. The Balaban J connectivity index is 3.85. The largest absolute Gasteiger partial charge is 0.329 e. The highest BCUT2D eigenvalue weighted by atomic mass is 15.1. The van der Waals surface area contributed by atoms with E-state index in [1.807, 2.05) is 6.08 Å². The van der Waals surface area contributed by atoms with Gasteiger partial charge in [-0.25, -0.2) is 0 Å². The maximum absolute atomic E-state index is 5.61. The molecule has 0 fully saturated rings. The molecule has 0 spiro atoms. The first kappa shape index (κ1) is 10.7. The molecule has 0 heterocycles. The van der Waals surface area contributed by atoms with Crippen molar-refractivity contribution in [2.45, 2.75) is 26.3 Å². The third-order valence-corrected chi connectivity index (χ3v) is 2.03. The van der Waals surface area contributed by atoms with Gasteiger partial charge in [-0.15, -0.1) is 6.58 Å². The number of hydrogen-bond acceptors (Lipinski definition) is 2. The Morgan fingerprint density at radius 2 is 2.18 bits per heavy atom. The Labute approximate surface area is 70.1 Å². The lowest BCUT2D eigenvalue weighted by molar-refractivity contribution is 0.227. The van der Waals surface area contributed by atoms with Crippen LogP contribution < -0.4 is 5.73 Å². The fourth-order valence-electron chi connectivity index (χ4n) is 1.28. The third-order valence-electron chi connectivity index (χ3n) is 2.03. The van der Waals surface area contributed by atoms with E-state index in [9.17, 15) is 0 Å². The second kappa shape index (κ2) is 6.38. The molecule has 0 aliphatic heterocycles. The van der Waals surface area contributed by atoms with Gasteiger partial charge in [0.2, 0.25) is 0 Å². The molecule has 0 aromatic carbocycles. The van der Waals surface area contributed by atoms with E-state index in [4.69, 9.17) is 5.73 Å². The minimum atomic E-state index is 0.526. The van der Waals surface area contributed by atoms with Crippen LogP contribution in [0.4, 0.5) is 0 Å². The lowest BCUT2D eigenvalue weighted by Crippen LogP contribution is -2.40. The van der Waals surface area contributed by atoms with Gasteiger partial charge in [-0.3, -0.25) is 4.90 Å². The van der Waals surface area contributed by atoms with Crippen molar-refractivity contribution in [1.29, 1.82) is 0 Å². The van der Waals surface area contributed by atoms with E-state index in [1.165, 1.54) is 0 Å². The van der Waals surface area contributed by atoms with Crippen molar-refractivity contribution in [3.63, 3.8) is 0 Å². The monoisotopic (exact) mass is 156 g/mol.